The maximum atomic E-state index is 13.2. The molecule has 0 spiro atoms. The van der Waals surface area contributed by atoms with Crippen molar-refractivity contribution in [3.05, 3.63) is 81.6 Å². The summed E-state index contributed by atoms with van der Waals surface area (Å²) in [6, 6.07) is 15.2. The molecule has 0 aliphatic carbocycles. The maximum absolute atomic E-state index is 13.2. The highest BCUT2D eigenvalue weighted by atomic mass is 32.1. The van der Waals surface area contributed by atoms with E-state index in [4.69, 9.17) is 9.47 Å². The van der Waals surface area contributed by atoms with Gasteiger partial charge in [-0.15, -0.1) is 11.3 Å². The van der Waals surface area contributed by atoms with Crippen LogP contribution in [0.2, 0.25) is 0 Å². The van der Waals surface area contributed by atoms with Crippen LogP contribution in [0.1, 0.15) is 35.4 Å². The second-order valence-corrected chi connectivity index (χ2v) is 8.66. The molecule has 1 N–H and O–H groups in total. The summed E-state index contributed by atoms with van der Waals surface area (Å²) in [6.45, 7) is 4.50. The Morgan fingerprint density at radius 2 is 1.88 bits per heavy atom. The molecule has 7 heteroatoms. The number of aliphatic hydroxyl groups is 1. The molecule has 1 aliphatic rings. The molecule has 33 heavy (non-hydrogen) atoms. The lowest BCUT2D eigenvalue weighted by Gasteiger charge is -2.25. The van der Waals surface area contributed by atoms with Gasteiger partial charge in [-0.3, -0.25) is 14.5 Å². The second kappa shape index (κ2) is 9.50. The van der Waals surface area contributed by atoms with Gasteiger partial charge in [0, 0.05) is 10.4 Å². The molecule has 0 saturated carbocycles. The van der Waals surface area contributed by atoms with Gasteiger partial charge in [-0.1, -0.05) is 25.1 Å². The lowest BCUT2D eigenvalue weighted by molar-refractivity contribution is -0.132. The van der Waals surface area contributed by atoms with E-state index in [1.807, 2.05) is 31.4 Å². The van der Waals surface area contributed by atoms with Gasteiger partial charge in [0.2, 0.25) is 0 Å². The van der Waals surface area contributed by atoms with Crippen LogP contribution in [0.5, 0.6) is 11.5 Å². The quantitative estimate of drug-likeness (QED) is 0.285. The smallest absolute Gasteiger partial charge is 0.300 e. The molecule has 6 nitrogen and oxygen atoms in total. The summed E-state index contributed by atoms with van der Waals surface area (Å²) in [5, 5.41) is 13.1. The molecule has 1 amide bonds. The van der Waals surface area contributed by atoms with E-state index in [0.29, 0.717) is 23.6 Å². The van der Waals surface area contributed by atoms with Crippen molar-refractivity contribution < 1.29 is 24.2 Å². The Kier molecular flexibility index (Phi) is 6.51. The van der Waals surface area contributed by atoms with Crippen LogP contribution in [-0.2, 0) is 9.59 Å². The fourth-order valence-electron chi connectivity index (χ4n) is 3.95. The maximum Gasteiger partial charge on any atom is 0.300 e. The Morgan fingerprint density at radius 1 is 1.09 bits per heavy atom. The average Bonchev–Trinajstić information content (AvgIpc) is 3.44. The van der Waals surface area contributed by atoms with E-state index in [2.05, 4.69) is 0 Å². The molecule has 2 heterocycles. The number of aliphatic hydroxyl groups excluding tert-OH is 1. The van der Waals surface area contributed by atoms with Crippen molar-refractivity contribution in [2.24, 2.45) is 0 Å². The van der Waals surface area contributed by atoms with Gasteiger partial charge in [0.15, 0.2) is 0 Å². The second-order valence-electron chi connectivity index (χ2n) is 7.69. The molecular formula is C26H25NO5S. The molecule has 170 valence electrons. The first kappa shape index (κ1) is 22.6. The minimum Gasteiger partial charge on any atom is -0.507 e. The van der Waals surface area contributed by atoms with Crippen LogP contribution in [0.4, 0.5) is 5.69 Å². The summed E-state index contributed by atoms with van der Waals surface area (Å²) >= 11 is 1.41. The fourth-order valence-corrected chi connectivity index (χ4v) is 4.78. The van der Waals surface area contributed by atoms with Crippen LogP contribution in [0.25, 0.3) is 5.76 Å². The average molecular weight is 464 g/mol. The summed E-state index contributed by atoms with van der Waals surface area (Å²) in [5.74, 6) is -0.471. The third-order valence-corrected chi connectivity index (χ3v) is 6.44. The van der Waals surface area contributed by atoms with Crippen molar-refractivity contribution >= 4 is 34.5 Å². The third-order valence-electron chi connectivity index (χ3n) is 5.51. The number of hydrogen-bond donors (Lipinski definition) is 1. The van der Waals surface area contributed by atoms with Crippen molar-refractivity contribution in [1.82, 2.24) is 0 Å². The topological polar surface area (TPSA) is 76.1 Å². The van der Waals surface area contributed by atoms with Crippen molar-refractivity contribution in [1.29, 1.82) is 0 Å². The minimum atomic E-state index is -0.766. The van der Waals surface area contributed by atoms with E-state index in [9.17, 15) is 14.7 Å². The van der Waals surface area contributed by atoms with Gasteiger partial charge >= 0.3 is 0 Å². The number of rotatable bonds is 7. The molecule has 2 aromatic carbocycles. The Balaban J connectivity index is 1.86. The molecule has 1 atom stereocenters. The Bertz CT molecular complexity index is 1220. The van der Waals surface area contributed by atoms with Crippen LogP contribution < -0.4 is 14.4 Å². The normalized spacial score (nSPS) is 17.4. The van der Waals surface area contributed by atoms with Crippen molar-refractivity contribution in [2.75, 3.05) is 18.6 Å². The van der Waals surface area contributed by atoms with Crippen LogP contribution in [0, 0.1) is 6.92 Å². The van der Waals surface area contributed by atoms with E-state index in [0.717, 1.165) is 22.6 Å². The number of amides is 1. The summed E-state index contributed by atoms with van der Waals surface area (Å²) in [6.07, 6.45) is 0.883. The molecule has 4 rings (SSSR count). The number of thiophene rings is 1. The van der Waals surface area contributed by atoms with E-state index < -0.39 is 17.7 Å². The first-order valence-corrected chi connectivity index (χ1v) is 11.6. The highest BCUT2D eigenvalue weighted by Crippen LogP contribution is 2.46. The first-order valence-electron chi connectivity index (χ1n) is 10.7. The molecule has 1 aromatic heterocycles. The number of carbonyl (C=O) groups excluding carboxylic acids is 2. The summed E-state index contributed by atoms with van der Waals surface area (Å²) in [7, 11) is 1.51. The molecule has 1 aliphatic heterocycles. The molecule has 1 unspecified atom stereocenters. The molecule has 0 bridgehead atoms. The summed E-state index contributed by atoms with van der Waals surface area (Å²) in [5.41, 5.74) is 1.81. The van der Waals surface area contributed by atoms with Gasteiger partial charge < -0.3 is 14.6 Å². The van der Waals surface area contributed by atoms with Crippen molar-refractivity contribution in [2.45, 2.75) is 26.3 Å². The zero-order chi connectivity index (χ0) is 23.5. The highest BCUT2D eigenvalue weighted by Gasteiger charge is 2.48. The monoisotopic (exact) mass is 463 g/mol. The van der Waals surface area contributed by atoms with Crippen molar-refractivity contribution in [3.8, 4) is 11.5 Å². The number of nitrogens with zero attached hydrogens (tertiary/aromatic N) is 1. The van der Waals surface area contributed by atoms with Gasteiger partial charge in [-0.05, 0) is 60.7 Å². The van der Waals surface area contributed by atoms with E-state index >= 15 is 0 Å². The number of carbonyl (C=O) groups is 2. The summed E-state index contributed by atoms with van der Waals surface area (Å²) in [4.78, 5) is 28.6. The zero-order valence-corrected chi connectivity index (χ0v) is 19.5. The third kappa shape index (κ3) is 4.12. The van der Waals surface area contributed by atoms with Gasteiger partial charge in [0.05, 0.1) is 25.0 Å². The van der Waals surface area contributed by atoms with E-state index in [1.54, 1.807) is 42.5 Å². The zero-order valence-electron chi connectivity index (χ0n) is 18.7. The predicted molar refractivity (Wildman–Crippen MR) is 129 cm³/mol. The number of benzene rings is 2. The standard InChI is InChI=1S/C26H25NO5S/c1-4-13-32-19-12-11-17(15-16(19)2)24(28)22-23(21-10-7-14-33-21)27(26(30)25(22)29)18-8-5-6-9-20(18)31-3/h5-12,14-15,23,28H,4,13H2,1-3H3/b24-22-. The van der Waals surface area contributed by atoms with Gasteiger partial charge in [0.25, 0.3) is 11.7 Å². The SMILES string of the molecule is CCCOc1ccc(/C(O)=C2/C(=O)C(=O)N(c3ccccc3OC)C2c2cccs2)cc1C. The Morgan fingerprint density at radius 3 is 2.55 bits per heavy atom. The van der Waals surface area contributed by atoms with Gasteiger partial charge in [-0.25, -0.2) is 0 Å². The molecule has 0 radical (unpaired) electrons. The highest BCUT2D eigenvalue weighted by molar-refractivity contribution is 7.10. The largest absolute Gasteiger partial charge is 0.507 e. The number of hydrogen-bond acceptors (Lipinski definition) is 6. The predicted octanol–water partition coefficient (Wildman–Crippen LogP) is 5.48. The number of methoxy groups -OCH3 is 1. The van der Waals surface area contributed by atoms with Crippen LogP contribution >= 0.6 is 11.3 Å². The summed E-state index contributed by atoms with van der Waals surface area (Å²) < 4.78 is 11.2. The number of ether oxygens (including phenoxy) is 2. The molecule has 1 fully saturated rings. The number of para-hydroxylation sites is 2. The lowest BCUT2D eigenvalue weighted by atomic mass is 9.98. The van der Waals surface area contributed by atoms with Crippen LogP contribution in [-0.4, -0.2) is 30.5 Å². The number of Topliss-reactive ketones (excluding diaryl/α,β-unsaturated/α-hetero) is 1. The number of anilines is 1. The van der Waals surface area contributed by atoms with E-state index in [1.165, 1.54) is 23.3 Å². The fraction of sp³-hybridized carbons (Fsp3) is 0.231. The number of aryl methyl sites for hydroxylation is 1. The Hall–Kier alpha value is -3.58. The first-order chi connectivity index (χ1) is 16.0. The Labute approximate surface area is 196 Å². The molecule has 1 saturated heterocycles. The lowest BCUT2D eigenvalue weighted by Crippen LogP contribution is -2.29. The molecule has 3 aromatic rings. The van der Waals surface area contributed by atoms with Crippen molar-refractivity contribution in [3.63, 3.8) is 0 Å². The van der Waals surface area contributed by atoms with Crippen LogP contribution in [0.3, 0.4) is 0 Å². The number of ketones is 1. The van der Waals surface area contributed by atoms with Gasteiger partial charge in [0.1, 0.15) is 23.3 Å². The minimum absolute atomic E-state index is 0.0509. The molecular weight excluding hydrogens is 438 g/mol. The van der Waals surface area contributed by atoms with Crippen LogP contribution in [0.15, 0.2) is 65.6 Å². The van der Waals surface area contributed by atoms with E-state index in [-0.39, 0.29) is 11.3 Å². The van der Waals surface area contributed by atoms with Gasteiger partial charge in [-0.2, -0.15) is 0 Å².